The molecule has 0 N–H and O–H groups in total. The number of aromatic nitrogens is 1. The topological polar surface area (TPSA) is 36.7 Å². The number of hydrogen-bond acceptors (Lipinski definition) is 2. The van der Waals surface area contributed by atoms with Gasteiger partial charge in [0.15, 0.2) is 0 Å². The van der Waals surface area contributed by atoms with Crippen molar-refractivity contribution in [1.29, 1.82) is 5.26 Å². The third-order valence-electron chi connectivity index (χ3n) is 2.74. The molecule has 0 spiro atoms. The highest BCUT2D eigenvalue weighted by Crippen LogP contribution is 2.31. The number of nitriles is 1. The summed E-state index contributed by atoms with van der Waals surface area (Å²) in [5.41, 5.74) is -0.500. The Morgan fingerprint density at radius 1 is 1.10 bits per heavy atom. The van der Waals surface area contributed by atoms with E-state index < -0.39 is 23.5 Å². The van der Waals surface area contributed by atoms with Crippen molar-refractivity contribution in [3.63, 3.8) is 0 Å². The van der Waals surface area contributed by atoms with Crippen molar-refractivity contribution >= 4 is 0 Å². The second-order valence-corrected chi connectivity index (χ2v) is 4.08. The van der Waals surface area contributed by atoms with Crippen LogP contribution in [0.5, 0.6) is 0 Å². The van der Waals surface area contributed by atoms with Crippen LogP contribution >= 0.6 is 0 Å². The van der Waals surface area contributed by atoms with E-state index in [0.29, 0.717) is 5.56 Å². The van der Waals surface area contributed by atoms with Crippen LogP contribution in [0.3, 0.4) is 0 Å². The first-order valence-electron chi connectivity index (χ1n) is 5.60. The van der Waals surface area contributed by atoms with Gasteiger partial charge in [-0.15, -0.1) is 0 Å². The first-order valence-corrected chi connectivity index (χ1v) is 5.60. The van der Waals surface area contributed by atoms with Crippen molar-refractivity contribution in [3.8, 4) is 6.07 Å². The second-order valence-electron chi connectivity index (χ2n) is 4.08. The van der Waals surface area contributed by atoms with E-state index in [0.717, 1.165) is 30.5 Å². The van der Waals surface area contributed by atoms with Gasteiger partial charge in [0.1, 0.15) is 11.7 Å². The van der Waals surface area contributed by atoms with Gasteiger partial charge in [-0.1, -0.05) is 12.1 Å². The molecule has 0 radical (unpaired) electrons. The van der Waals surface area contributed by atoms with Gasteiger partial charge < -0.3 is 0 Å². The van der Waals surface area contributed by atoms with Crippen molar-refractivity contribution in [2.75, 3.05) is 0 Å². The molecule has 1 aromatic carbocycles. The average Bonchev–Trinajstić information content (AvgIpc) is 2.41. The van der Waals surface area contributed by atoms with Crippen LogP contribution in [0.4, 0.5) is 17.6 Å². The highest BCUT2D eigenvalue weighted by molar-refractivity contribution is 5.36. The summed E-state index contributed by atoms with van der Waals surface area (Å²) in [6.45, 7) is 0. The van der Waals surface area contributed by atoms with E-state index in [4.69, 9.17) is 5.26 Å². The van der Waals surface area contributed by atoms with Crippen LogP contribution in [0.15, 0.2) is 42.6 Å². The van der Waals surface area contributed by atoms with Gasteiger partial charge in [0.25, 0.3) is 0 Å². The van der Waals surface area contributed by atoms with Crippen molar-refractivity contribution < 1.29 is 17.6 Å². The van der Waals surface area contributed by atoms with E-state index in [1.807, 2.05) is 6.07 Å². The summed E-state index contributed by atoms with van der Waals surface area (Å²) < 4.78 is 50.7. The highest BCUT2D eigenvalue weighted by Gasteiger charge is 2.31. The van der Waals surface area contributed by atoms with Gasteiger partial charge >= 0.3 is 6.18 Å². The van der Waals surface area contributed by atoms with Crippen LogP contribution in [0.1, 0.15) is 22.7 Å². The summed E-state index contributed by atoms with van der Waals surface area (Å²) in [6.07, 6.45) is -3.49. The monoisotopic (exact) mass is 280 g/mol. The number of benzene rings is 1. The van der Waals surface area contributed by atoms with Crippen LogP contribution in [0.2, 0.25) is 0 Å². The summed E-state index contributed by atoms with van der Waals surface area (Å²) in [5.74, 6) is -1.46. The van der Waals surface area contributed by atoms with Gasteiger partial charge in [-0.25, -0.2) is 4.39 Å². The summed E-state index contributed by atoms with van der Waals surface area (Å²) in [7, 11) is 0. The van der Waals surface area contributed by atoms with Crippen LogP contribution in [0, 0.1) is 17.1 Å². The molecule has 20 heavy (non-hydrogen) atoms. The zero-order chi connectivity index (χ0) is 14.8. The lowest BCUT2D eigenvalue weighted by molar-refractivity contribution is -0.137. The minimum absolute atomic E-state index is 0.0195. The van der Waals surface area contributed by atoms with Crippen LogP contribution < -0.4 is 0 Å². The Hall–Kier alpha value is -2.42. The summed E-state index contributed by atoms with van der Waals surface area (Å²) in [5, 5.41) is 9.13. The number of nitrogens with zero attached hydrogens (tertiary/aromatic N) is 2. The SMILES string of the molecule is N#CC(c1ccc(F)cc1)c1cc(C(F)(F)F)ccn1. The van der Waals surface area contributed by atoms with Crippen molar-refractivity contribution in [3.05, 3.63) is 65.2 Å². The van der Waals surface area contributed by atoms with E-state index in [1.54, 1.807) is 0 Å². The second kappa shape index (κ2) is 5.29. The van der Waals surface area contributed by atoms with Gasteiger partial charge in [0.2, 0.25) is 0 Å². The lowest BCUT2D eigenvalue weighted by atomic mass is 9.96. The van der Waals surface area contributed by atoms with Gasteiger partial charge in [-0.2, -0.15) is 18.4 Å². The molecule has 1 unspecified atom stereocenters. The molecular formula is C14H8F4N2. The molecule has 1 heterocycles. The van der Waals surface area contributed by atoms with Gasteiger partial charge in [-0.3, -0.25) is 4.98 Å². The molecule has 0 fully saturated rings. The Morgan fingerprint density at radius 3 is 2.30 bits per heavy atom. The van der Waals surface area contributed by atoms with Gasteiger partial charge in [-0.05, 0) is 29.8 Å². The normalized spacial score (nSPS) is 12.8. The minimum Gasteiger partial charge on any atom is -0.260 e. The molecule has 0 amide bonds. The molecule has 2 rings (SSSR count). The Bertz CT molecular complexity index is 641. The van der Waals surface area contributed by atoms with E-state index in [1.165, 1.54) is 12.1 Å². The van der Waals surface area contributed by atoms with Crippen molar-refractivity contribution in [2.45, 2.75) is 12.1 Å². The molecule has 0 aliphatic carbocycles. The standard InChI is InChI=1S/C14H8F4N2/c15-11-3-1-9(2-4-11)12(8-19)13-7-10(5-6-20-13)14(16,17)18/h1-7,12H. The largest absolute Gasteiger partial charge is 0.416 e. The van der Waals surface area contributed by atoms with Crippen LogP contribution in [-0.4, -0.2) is 4.98 Å². The van der Waals surface area contributed by atoms with Crippen molar-refractivity contribution in [2.24, 2.45) is 0 Å². The maximum Gasteiger partial charge on any atom is 0.416 e. The number of rotatable bonds is 2. The van der Waals surface area contributed by atoms with Crippen LogP contribution in [0.25, 0.3) is 0 Å². The average molecular weight is 280 g/mol. The number of alkyl halides is 3. The molecule has 2 aromatic rings. The summed E-state index contributed by atoms with van der Waals surface area (Å²) in [6, 6.07) is 8.54. The fraction of sp³-hybridized carbons (Fsp3) is 0.143. The first-order chi connectivity index (χ1) is 9.41. The highest BCUT2D eigenvalue weighted by atomic mass is 19.4. The van der Waals surface area contributed by atoms with Gasteiger partial charge in [0.05, 0.1) is 17.3 Å². The molecule has 0 bridgehead atoms. The first kappa shape index (κ1) is 14.0. The van der Waals surface area contributed by atoms with E-state index >= 15 is 0 Å². The number of halogens is 4. The Morgan fingerprint density at radius 2 is 1.75 bits per heavy atom. The predicted octanol–water partition coefficient (Wildman–Crippen LogP) is 3.89. The summed E-state index contributed by atoms with van der Waals surface area (Å²) in [4.78, 5) is 3.81. The molecular weight excluding hydrogens is 272 g/mol. The maximum atomic E-state index is 12.8. The molecule has 0 saturated heterocycles. The van der Waals surface area contributed by atoms with Crippen molar-refractivity contribution in [1.82, 2.24) is 4.98 Å². The van der Waals surface area contributed by atoms with E-state index in [9.17, 15) is 17.6 Å². The Kier molecular flexibility index (Phi) is 3.70. The number of hydrogen-bond donors (Lipinski definition) is 0. The zero-order valence-electron chi connectivity index (χ0n) is 10.0. The van der Waals surface area contributed by atoms with Gasteiger partial charge in [0, 0.05) is 6.20 Å². The van der Waals surface area contributed by atoms with E-state index in [-0.39, 0.29) is 5.69 Å². The maximum absolute atomic E-state index is 12.8. The molecule has 102 valence electrons. The quantitative estimate of drug-likeness (QED) is 0.782. The fourth-order valence-electron chi connectivity index (χ4n) is 1.75. The molecule has 1 atom stereocenters. The fourth-order valence-corrected chi connectivity index (χ4v) is 1.75. The number of pyridine rings is 1. The minimum atomic E-state index is -4.50. The lowest BCUT2D eigenvalue weighted by Crippen LogP contribution is -2.08. The molecule has 0 aliphatic rings. The third-order valence-corrected chi connectivity index (χ3v) is 2.74. The zero-order valence-corrected chi connectivity index (χ0v) is 10.0. The van der Waals surface area contributed by atoms with E-state index in [2.05, 4.69) is 4.98 Å². The smallest absolute Gasteiger partial charge is 0.260 e. The Balaban J connectivity index is 2.43. The molecule has 0 saturated carbocycles. The third kappa shape index (κ3) is 2.94. The lowest BCUT2D eigenvalue weighted by Gasteiger charge is -2.12. The molecule has 6 heteroatoms. The summed E-state index contributed by atoms with van der Waals surface area (Å²) >= 11 is 0. The molecule has 1 aromatic heterocycles. The molecule has 0 aliphatic heterocycles. The molecule has 2 nitrogen and oxygen atoms in total. The van der Waals surface area contributed by atoms with Crippen LogP contribution in [-0.2, 0) is 6.18 Å². The predicted molar refractivity (Wildman–Crippen MR) is 63.1 cm³/mol. The Labute approximate surface area is 112 Å².